The molecule has 0 aliphatic heterocycles. The summed E-state index contributed by atoms with van der Waals surface area (Å²) in [6.07, 6.45) is -2.15. The molecule has 2 saturated carbocycles. The third-order valence-electron chi connectivity index (χ3n) is 6.31. The Hall–Kier alpha value is -2.59. The van der Waals surface area contributed by atoms with Crippen LogP contribution in [0.4, 0.5) is 8.78 Å². The van der Waals surface area contributed by atoms with Crippen LogP contribution in [0.3, 0.4) is 0 Å². The van der Waals surface area contributed by atoms with Gasteiger partial charge >= 0.3 is 0 Å². The summed E-state index contributed by atoms with van der Waals surface area (Å²) in [5, 5.41) is 24.1. The normalized spacial score (nSPS) is 26.8. The van der Waals surface area contributed by atoms with Crippen molar-refractivity contribution in [1.82, 2.24) is 5.32 Å². The molecule has 1 unspecified atom stereocenters. The van der Waals surface area contributed by atoms with Crippen molar-refractivity contribution < 1.29 is 38.0 Å². The van der Waals surface area contributed by atoms with Gasteiger partial charge in [-0.3, -0.25) is 4.79 Å². The van der Waals surface area contributed by atoms with Crippen LogP contribution in [0.25, 0.3) is 0 Å². The lowest BCUT2D eigenvalue weighted by Crippen LogP contribution is -2.60. The van der Waals surface area contributed by atoms with Crippen LogP contribution in [0.15, 0.2) is 42.5 Å². The molecule has 0 heterocycles. The minimum absolute atomic E-state index is 0.0300. The number of carbonyl (C=O) groups is 1. The summed E-state index contributed by atoms with van der Waals surface area (Å²) in [6.45, 7) is -0.280. The van der Waals surface area contributed by atoms with Gasteiger partial charge in [0, 0.05) is 24.4 Å². The second-order valence-corrected chi connectivity index (χ2v) is 8.91. The average molecular weight is 478 g/mol. The summed E-state index contributed by atoms with van der Waals surface area (Å²) in [4.78, 5) is 13.3. The van der Waals surface area contributed by atoms with E-state index in [-0.39, 0.29) is 37.7 Å². The van der Waals surface area contributed by atoms with Crippen LogP contribution in [-0.4, -0.2) is 53.2 Å². The number of rotatable bonds is 9. The Kier molecular flexibility index (Phi) is 7.47. The molecular weight excluding hydrogens is 448 g/mol. The quantitative estimate of drug-likeness (QED) is 0.514. The van der Waals surface area contributed by atoms with Gasteiger partial charge in [0.25, 0.3) is 5.91 Å². The van der Waals surface area contributed by atoms with E-state index in [4.69, 9.17) is 14.2 Å². The Bertz CT molecular complexity index is 1020. The van der Waals surface area contributed by atoms with E-state index < -0.39 is 41.5 Å². The Labute approximate surface area is 196 Å². The van der Waals surface area contributed by atoms with Crippen molar-refractivity contribution in [2.75, 3.05) is 7.11 Å². The maximum atomic E-state index is 14.1. The zero-order valence-corrected chi connectivity index (χ0v) is 18.9. The van der Waals surface area contributed by atoms with Crippen molar-refractivity contribution in [3.05, 3.63) is 65.2 Å². The van der Waals surface area contributed by atoms with Crippen LogP contribution in [0.2, 0.25) is 0 Å². The van der Waals surface area contributed by atoms with E-state index in [9.17, 15) is 23.8 Å². The van der Waals surface area contributed by atoms with Crippen molar-refractivity contribution in [2.45, 2.75) is 68.9 Å². The van der Waals surface area contributed by atoms with E-state index in [1.807, 2.05) is 6.07 Å². The van der Waals surface area contributed by atoms with Gasteiger partial charge in [0.2, 0.25) is 0 Å². The van der Waals surface area contributed by atoms with E-state index >= 15 is 0 Å². The fourth-order valence-electron chi connectivity index (χ4n) is 4.15. The molecule has 2 aliphatic carbocycles. The van der Waals surface area contributed by atoms with Gasteiger partial charge in [-0.25, -0.2) is 8.78 Å². The number of carbonyl (C=O) groups excluding carboxylic acids is 1. The number of hydrogen-bond acceptors (Lipinski definition) is 6. The Balaban J connectivity index is 1.53. The summed E-state index contributed by atoms with van der Waals surface area (Å²) in [7, 11) is 1.55. The monoisotopic (exact) mass is 477 g/mol. The van der Waals surface area contributed by atoms with E-state index in [1.165, 1.54) is 12.1 Å². The largest absolute Gasteiger partial charge is 0.497 e. The van der Waals surface area contributed by atoms with Crippen molar-refractivity contribution >= 4 is 5.91 Å². The first-order valence-electron chi connectivity index (χ1n) is 11.3. The summed E-state index contributed by atoms with van der Waals surface area (Å²) >= 11 is 0. The van der Waals surface area contributed by atoms with Crippen LogP contribution >= 0.6 is 0 Å². The Morgan fingerprint density at radius 2 is 1.88 bits per heavy atom. The summed E-state index contributed by atoms with van der Waals surface area (Å²) in [6, 6.07) is 11.0. The molecule has 2 aromatic carbocycles. The molecule has 9 heteroatoms. The molecule has 2 aliphatic rings. The van der Waals surface area contributed by atoms with Crippen LogP contribution < -0.4 is 10.1 Å². The number of aliphatic hydroxyl groups is 2. The molecule has 0 bridgehead atoms. The van der Waals surface area contributed by atoms with Crippen molar-refractivity contribution in [3.63, 3.8) is 0 Å². The molecule has 0 radical (unpaired) electrons. The fraction of sp³-hybridized carbons (Fsp3) is 0.480. The Morgan fingerprint density at radius 3 is 2.62 bits per heavy atom. The van der Waals surface area contributed by atoms with Gasteiger partial charge in [-0.05, 0) is 36.6 Å². The number of methoxy groups -OCH3 is 1. The highest BCUT2D eigenvalue weighted by Gasteiger charge is 2.52. The van der Waals surface area contributed by atoms with E-state index in [0.29, 0.717) is 5.75 Å². The van der Waals surface area contributed by atoms with Crippen LogP contribution in [0, 0.1) is 11.6 Å². The highest BCUT2D eigenvalue weighted by Crippen LogP contribution is 2.37. The third kappa shape index (κ3) is 5.55. The highest BCUT2D eigenvalue weighted by molar-refractivity contribution is 5.86. The number of amides is 1. The average Bonchev–Trinajstić information content (AvgIpc) is 3.65. The minimum atomic E-state index is -1.48. The van der Waals surface area contributed by atoms with Gasteiger partial charge in [0.15, 0.2) is 17.2 Å². The summed E-state index contributed by atoms with van der Waals surface area (Å²) < 4.78 is 44.7. The van der Waals surface area contributed by atoms with Gasteiger partial charge < -0.3 is 29.7 Å². The molecule has 2 aromatic rings. The lowest BCUT2D eigenvalue weighted by molar-refractivity contribution is -0.200. The maximum absolute atomic E-state index is 14.1. The third-order valence-corrected chi connectivity index (χ3v) is 6.31. The van der Waals surface area contributed by atoms with Gasteiger partial charge in [-0.2, -0.15) is 0 Å². The molecule has 4 rings (SSSR count). The molecule has 7 nitrogen and oxygen atoms in total. The first kappa shape index (κ1) is 24.5. The summed E-state index contributed by atoms with van der Waals surface area (Å²) in [5.41, 5.74) is -0.745. The second-order valence-electron chi connectivity index (χ2n) is 8.91. The second kappa shape index (κ2) is 10.4. The lowest BCUT2D eigenvalue weighted by Gasteiger charge is -2.44. The maximum Gasteiger partial charge on any atom is 0.252 e. The number of halogens is 2. The SMILES string of the molecule is COc1cccc(CO[C@]2(C(=O)NC3CC3)CC(OCc3cccc(F)c3F)[C@H](O)[C@H](O)C2)c1. The van der Waals surface area contributed by atoms with E-state index in [1.54, 1.807) is 25.3 Å². The van der Waals surface area contributed by atoms with Crippen LogP contribution in [0.5, 0.6) is 5.75 Å². The standard InChI is InChI=1S/C25H29F2NO6/c1-32-18-6-2-4-15(10-18)13-34-25(24(31)28-17-8-9-17)11-20(29)23(30)21(12-25)33-14-16-5-3-7-19(26)22(16)27/h2-7,10,17,20-21,23,29-30H,8-9,11-14H2,1H3,(H,28,31)/t20-,21?,23-,25+/m1/s1. The molecule has 2 fully saturated rings. The smallest absolute Gasteiger partial charge is 0.252 e. The molecule has 3 N–H and O–H groups in total. The number of nitrogens with one attached hydrogen (secondary N) is 1. The molecular formula is C25H29F2NO6. The van der Waals surface area contributed by atoms with Crippen LogP contribution in [-0.2, 0) is 27.5 Å². The van der Waals surface area contributed by atoms with Crippen molar-refractivity contribution in [2.24, 2.45) is 0 Å². The molecule has 184 valence electrons. The van der Waals surface area contributed by atoms with Gasteiger partial charge in [-0.15, -0.1) is 0 Å². The zero-order valence-electron chi connectivity index (χ0n) is 18.9. The first-order valence-corrected chi connectivity index (χ1v) is 11.3. The van der Waals surface area contributed by atoms with Crippen LogP contribution in [0.1, 0.15) is 36.8 Å². The first-order chi connectivity index (χ1) is 16.3. The molecule has 0 spiro atoms. The van der Waals surface area contributed by atoms with Crippen molar-refractivity contribution in [3.8, 4) is 5.75 Å². The molecule has 0 saturated heterocycles. The zero-order chi connectivity index (χ0) is 24.3. The Morgan fingerprint density at radius 1 is 1.12 bits per heavy atom. The molecule has 1 amide bonds. The predicted octanol–water partition coefficient (Wildman–Crippen LogP) is 2.61. The predicted molar refractivity (Wildman–Crippen MR) is 118 cm³/mol. The van der Waals surface area contributed by atoms with E-state index in [0.717, 1.165) is 24.5 Å². The van der Waals surface area contributed by atoms with Gasteiger partial charge in [0.05, 0.1) is 32.5 Å². The van der Waals surface area contributed by atoms with Gasteiger partial charge in [0.1, 0.15) is 11.9 Å². The lowest BCUT2D eigenvalue weighted by atomic mass is 9.78. The number of hydrogen-bond donors (Lipinski definition) is 3. The number of ether oxygens (including phenoxy) is 3. The molecule has 4 atom stereocenters. The molecule has 0 aromatic heterocycles. The van der Waals surface area contributed by atoms with Crippen molar-refractivity contribution in [1.29, 1.82) is 0 Å². The molecule has 34 heavy (non-hydrogen) atoms. The van der Waals surface area contributed by atoms with Gasteiger partial charge in [-0.1, -0.05) is 24.3 Å². The number of benzene rings is 2. The summed E-state index contributed by atoms with van der Waals surface area (Å²) in [5.74, 6) is -1.81. The fourth-order valence-corrected chi connectivity index (χ4v) is 4.15. The topological polar surface area (TPSA) is 97.3 Å². The minimum Gasteiger partial charge on any atom is -0.497 e. The number of aliphatic hydroxyl groups excluding tert-OH is 2. The highest BCUT2D eigenvalue weighted by atomic mass is 19.2. The van der Waals surface area contributed by atoms with E-state index in [2.05, 4.69) is 5.32 Å².